The summed E-state index contributed by atoms with van der Waals surface area (Å²) >= 11 is 5.95. The van der Waals surface area contributed by atoms with Gasteiger partial charge in [0.1, 0.15) is 5.75 Å². The van der Waals surface area contributed by atoms with Crippen LogP contribution in [0.1, 0.15) is 25.7 Å². The van der Waals surface area contributed by atoms with E-state index in [1.165, 1.54) is 0 Å². The van der Waals surface area contributed by atoms with Crippen LogP contribution in [0.2, 0.25) is 5.02 Å². The average Bonchev–Trinajstić information content (AvgIpc) is 2.47. The lowest BCUT2D eigenvalue weighted by Crippen LogP contribution is -2.40. The van der Waals surface area contributed by atoms with E-state index in [1.807, 2.05) is 12.1 Å². The molecule has 110 valence electrons. The summed E-state index contributed by atoms with van der Waals surface area (Å²) < 4.78 is 5.40. The van der Waals surface area contributed by atoms with Gasteiger partial charge in [0.15, 0.2) is 6.61 Å². The number of aliphatic hydroxyl groups is 1. The van der Waals surface area contributed by atoms with Crippen LogP contribution >= 0.6 is 11.6 Å². The van der Waals surface area contributed by atoms with Crippen molar-refractivity contribution in [3.8, 4) is 5.75 Å². The van der Waals surface area contributed by atoms with Crippen LogP contribution in [-0.4, -0.2) is 30.3 Å². The van der Waals surface area contributed by atoms with Gasteiger partial charge in [0.05, 0.1) is 5.02 Å². The number of rotatable bonds is 5. The summed E-state index contributed by atoms with van der Waals surface area (Å²) in [7, 11) is 0. The zero-order chi connectivity index (χ0) is 14.4. The van der Waals surface area contributed by atoms with E-state index in [1.54, 1.807) is 12.1 Å². The molecule has 1 amide bonds. The number of hydrogen-bond acceptors (Lipinski definition) is 3. The maximum absolute atomic E-state index is 11.8. The smallest absolute Gasteiger partial charge is 0.258 e. The van der Waals surface area contributed by atoms with E-state index in [4.69, 9.17) is 21.4 Å². The number of ether oxygens (including phenoxy) is 1. The van der Waals surface area contributed by atoms with Crippen molar-refractivity contribution in [2.45, 2.75) is 31.7 Å². The fourth-order valence-electron chi connectivity index (χ4n) is 2.46. The second-order valence-electron chi connectivity index (χ2n) is 5.19. The second-order valence-corrected chi connectivity index (χ2v) is 5.59. The quantitative estimate of drug-likeness (QED) is 0.877. The van der Waals surface area contributed by atoms with E-state index in [-0.39, 0.29) is 25.2 Å². The molecule has 20 heavy (non-hydrogen) atoms. The van der Waals surface area contributed by atoms with Crippen LogP contribution < -0.4 is 10.1 Å². The Morgan fingerprint density at radius 1 is 1.30 bits per heavy atom. The molecule has 2 N–H and O–H groups in total. The number of para-hydroxylation sites is 1. The molecule has 4 nitrogen and oxygen atoms in total. The zero-order valence-electron chi connectivity index (χ0n) is 11.3. The third-order valence-electron chi connectivity index (χ3n) is 3.67. The van der Waals surface area contributed by atoms with E-state index >= 15 is 0 Å². The van der Waals surface area contributed by atoms with Crippen molar-refractivity contribution < 1.29 is 14.6 Å². The van der Waals surface area contributed by atoms with Crippen LogP contribution in [0.4, 0.5) is 0 Å². The molecule has 0 heterocycles. The molecule has 1 fully saturated rings. The lowest BCUT2D eigenvalue weighted by Gasteiger charge is -2.27. The van der Waals surface area contributed by atoms with Crippen LogP contribution in [-0.2, 0) is 4.79 Å². The Morgan fingerprint density at radius 3 is 2.65 bits per heavy atom. The van der Waals surface area contributed by atoms with Crippen molar-refractivity contribution in [2.24, 2.45) is 5.92 Å². The second kappa shape index (κ2) is 7.50. The molecule has 0 aromatic heterocycles. The minimum atomic E-state index is -0.127. The first-order chi connectivity index (χ1) is 9.69. The molecule has 1 saturated carbocycles. The van der Waals surface area contributed by atoms with Crippen molar-refractivity contribution in [2.75, 3.05) is 13.2 Å². The molecule has 1 aliphatic rings. The predicted molar refractivity (Wildman–Crippen MR) is 77.9 cm³/mol. The van der Waals surface area contributed by atoms with E-state index in [0.29, 0.717) is 16.7 Å². The topological polar surface area (TPSA) is 58.6 Å². The highest BCUT2D eigenvalue weighted by atomic mass is 35.5. The average molecular weight is 298 g/mol. The molecule has 1 aliphatic carbocycles. The maximum atomic E-state index is 11.8. The number of carbonyl (C=O) groups is 1. The lowest BCUT2D eigenvalue weighted by atomic mass is 9.86. The van der Waals surface area contributed by atoms with Gasteiger partial charge in [-0.3, -0.25) is 4.79 Å². The van der Waals surface area contributed by atoms with Gasteiger partial charge in [-0.25, -0.2) is 0 Å². The van der Waals surface area contributed by atoms with Crippen LogP contribution in [0.3, 0.4) is 0 Å². The summed E-state index contributed by atoms with van der Waals surface area (Å²) in [4.78, 5) is 11.8. The van der Waals surface area contributed by atoms with Crippen molar-refractivity contribution >= 4 is 17.5 Å². The van der Waals surface area contributed by atoms with E-state index in [0.717, 1.165) is 25.7 Å². The molecule has 5 heteroatoms. The summed E-state index contributed by atoms with van der Waals surface area (Å²) in [5.74, 6) is 0.785. The fourth-order valence-corrected chi connectivity index (χ4v) is 2.65. The SMILES string of the molecule is O=C(COc1ccccc1Cl)NC1CCC(CO)CC1. The molecule has 1 aromatic rings. The van der Waals surface area contributed by atoms with Gasteiger partial charge < -0.3 is 15.2 Å². The minimum absolute atomic E-state index is 0.0241. The number of carbonyl (C=O) groups excluding carboxylic acids is 1. The third-order valence-corrected chi connectivity index (χ3v) is 3.98. The van der Waals surface area contributed by atoms with E-state index in [9.17, 15) is 4.79 Å². The normalized spacial score (nSPS) is 22.3. The molecule has 0 unspecified atom stereocenters. The highest BCUT2D eigenvalue weighted by Crippen LogP contribution is 2.24. The Balaban J connectivity index is 1.72. The van der Waals surface area contributed by atoms with Gasteiger partial charge in [-0.05, 0) is 43.7 Å². The van der Waals surface area contributed by atoms with Crippen LogP contribution in [0.5, 0.6) is 5.75 Å². The molecule has 0 saturated heterocycles. The van der Waals surface area contributed by atoms with Gasteiger partial charge >= 0.3 is 0 Å². The fraction of sp³-hybridized carbons (Fsp3) is 0.533. The molecule has 1 aromatic carbocycles. The summed E-state index contributed by atoms with van der Waals surface area (Å²) in [6.07, 6.45) is 3.77. The first kappa shape index (κ1) is 15.1. The Hall–Kier alpha value is -1.26. The van der Waals surface area contributed by atoms with E-state index in [2.05, 4.69) is 5.32 Å². The number of benzene rings is 1. The Morgan fingerprint density at radius 2 is 2.00 bits per heavy atom. The monoisotopic (exact) mass is 297 g/mol. The van der Waals surface area contributed by atoms with Crippen LogP contribution in [0.25, 0.3) is 0 Å². The van der Waals surface area contributed by atoms with Gasteiger partial charge in [0.25, 0.3) is 5.91 Å². The van der Waals surface area contributed by atoms with Crippen molar-refractivity contribution in [3.05, 3.63) is 29.3 Å². The lowest BCUT2D eigenvalue weighted by molar-refractivity contribution is -0.124. The van der Waals surface area contributed by atoms with E-state index < -0.39 is 0 Å². The van der Waals surface area contributed by atoms with Crippen molar-refractivity contribution in [1.82, 2.24) is 5.32 Å². The zero-order valence-corrected chi connectivity index (χ0v) is 12.1. The number of amides is 1. The first-order valence-electron chi connectivity index (χ1n) is 6.96. The Kier molecular flexibility index (Phi) is 5.68. The molecule has 0 aliphatic heterocycles. The summed E-state index contributed by atoms with van der Waals surface area (Å²) in [5, 5.41) is 12.5. The number of aliphatic hydroxyl groups excluding tert-OH is 1. The predicted octanol–water partition coefficient (Wildman–Crippen LogP) is 2.39. The van der Waals surface area contributed by atoms with Crippen LogP contribution in [0, 0.1) is 5.92 Å². The van der Waals surface area contributed by atoms with Gasteiger partial charge in [-0.1, -0.05) is 23.7 Å². The number of nitrogens with one attached hydrogen (secondary N) is 1. The highest BCUT2D eigenvalue weighted by molar-refractivity contribution is 6.32. The van der Waals surface area contributed by atoms with Gasteiger partial charge in [0, 0.05) is 12.6 Å². The Labute approximate surface area is 124 Å². The summed E-state index contributed by atoms with van der Waals surface area (Å²) in [6.45, 7) is 0.222. The van der Waals surface area contributed by atoms with Crippen molar-refractivity contribution in [3.63, 3.8) is 0 Å². The van der Waals surface area contributed by atoms with Gasteiger partial charge in [-0.2, -0.15) is 0 Å². The largest absolute Gasteiger partial charge is 0.482 e. The third kappa shape index (κ3) is 4.39. The first-order valence-corrected chi connectivity index (χ1v) is 7.34. The molecule has 0 atom stereocenters. The van der Waals surface area contributed by atoms with Crippen LogP contribution in [0.15, 0.2) is 24.3 Å². The number of halogens is 1. The minimum Gasteiger partial charge on any atom is -0.482 e. The molecule has 2 rings (SSSR count). The number of hydrogen-bond donors (Lipinski definition) is 2. The molecular formula is C15H20ClNO3. The molecule has 0 spiro atoms. The van der Waals surface area contributed by atoms with Gasteiger partial charge in [-0.15, -0.1) is 0 Å². The summed E-state index contributed by atoms with van der Waals surface area (Å²) in [6, 6.07) is 7.29. The molecule has 0 bridgehead atoms. The standard InChI is InChI=1S/C15H20ClNO3/c16-13-3-1-2-4-14(13)20-10-15(19)17-12-7-5-11(9-18)6-8-12/h1-4,11-12,18H,5-10H2,(H,17,19). The summed E-state index contributed by atoms with van der Waals surface area (Å²) in [5.41, 5.74) is 0. The molecular weight excluding hydrogens is 278 g/mol. The molecule has 0 radical (unpaired) electrons. The maximum Gasteiger partial charge on any atom is 0.258 e. The van der Waals surface area contributed by atoms with Crippen molar-refractivity contribution in [1.29, 1.82) is 0 Å². The van der Waals surface area contributed by atoms with Gasteiger partial charge in [0.2, 0.25) is 0 Å². The Bertz CT molecular complexity index is 444. The highest BCUT2D eigenvalue weighted by Gasteiger charge is 2.21.